The average Bonchev–Trinajstić information content (AvgIpc) is 2.71. The topological polar surface area (TPSA) is 25.2 Å². The highest BCUT2D eigenvalue weighted by Crippen LogP contribution is 2.13. The number of benzene rings is 1. The summed E-state index contributed by atoms with van der Waals surface area (Å²) in [5.41, 5.74) is 2.69. The maximum absolute atomic E-state index is 5.41. The van der Waals surface area contributed by atoms with Crippen molar-refractivity contribution in [1.82, 2.24) is 5.32 Å². The third-order valence-electron chi connectivity index (χ3n) is 2.60. The quantitative estimate of drug-likeness (QED) is 0.851. The van der Waals surface area contributed by atoms with Crippen LogP contribution in [0, 0.1) is 6.92 Å². The van der Waals surface area contributed by atoms with Crippen LogP contribution in [0.15, 0.2) is 45.5 Å². The number of furan rings is 1. The van der Waals surface area contributed by atoms with Crippen LogP contribution >= 0.6 is 15.9 Å². The van der Waals surface area contributed by atoms with Gasteiger partial charge in [-0.25, -0.2) is 0 Å². The second-order valence-corrected chi connectivity index (χ2v) is 4.90. The van der Waals surface area contributed by atoms with Crippen LogP contribution in [0.3, 0.4) is 0 Å². The van der Waals surface area contributed by atoms with Crippen LogP contribution in [0.25, 0.3) is 0 Å². The molecule has 90 valence electrons. The van der Waals surface area contributed by atoms with Crippen LogP contribution in [0.4, 0.5) is 0 Å². The second-order valence-electron chi connectivity index (χ2n) is 4.12. The lowest BCUT2D eigenvalue weighted by Crippen LogP contribution is -2.16. The zero-order valence-corrected chi connectivity index (χ0v) is 11.5. The molecule has 0 aliphatic heterocycles. The molecule has 17 heavy (non-hydrogen) atoms. The van der Waals surface area contributed by atoms with Gasteiger partial charge in [-0.2, -0.15) is 0 Å². The van der Waals surface area contributed by atoms with Crippen LogP contribution in [-0.2, 0) is 13.0 Å². The summed E-state index contributed by atoms with van der Waals surface area (Å²) in [6, 6.07) is 12.5. The van der Waals surface area contributed by atoms with Gasteiger partial charge in [-0.3, -0.25) is 0 Å². The molecule has 0 unspecified atom stereocenters. The van der Waals surface area contributed by atoms with Crippen molar-refractivity contribution < 1.29 is 4.42 Å². The molecule has 1 aromatic heterocycles. The first-order valence-electron chi connectivity index (χ1n) is 5.74. The van der Waals surface area contributed by atoms with E-state index in [2.05, 4.69) is 52.4 Å². The Labute approximate surface area is 110 Å². The fourth-order valence-electron chi connectivity index (χ4n) is 1.76. The highest BCUT2D eigenvalue weighted by atomic mass is 79.9. The number of rotatable bonds is 5. The Kier molecular flexibility index (Phi) is 4.40. The maximum atomic E-state index is 5.41. The van der Waals surface area contributed by atoms with Gasteiger partial charge in [-0.15, -0.1) is 0 Å². The summed E-state index contributed by atoms with van der Waals surface area (Å²) in [6.45, 7) is 3.86. The first-order chi connectivity index (χ1) is 8.24. The summed E-state index contributed by atoms with van der Waals surface area (Å²) in [4.78, 5) is 0. The maximum Gasteiger partial charge on any atom is 0.169 e. The van der Waals surface area contributed by atoms with E-state index in [-0.39, 0.29) is 0 Å². The van der Waals surface area contributed by atoms with Gasteiger partial charge in [-0.05, 0) is 53.5 Å². The zero-order chi connectivity index (χ0) is 12.1. The standard InChI is InChI=1S/C14H16BrNO/c1-11-3-2-4-12(9-11)7-8-16-10-13-5-6-14(15)17-13/h2-6,9,16H,7-8,10H2,1H3. The number of halogens is 1. The van der Waals surface area contributed by atoms with Crippen molar-refractivity contribution in [3.05, 3.63) is 58.0 Å². The predicted octanol–water partition coefficient (Wildman–Crippen LogP) is 3.68. The number of hydrogen-bond acceptors (Lipinski definition) is 2. The van der Waals surface area contributed by atoms with Gasteiger partial charge in [0.15, 0.2) is 4.67 Å². The van der Waals surface area contributed by atoms with Crippen molar-refractivity contribution >= 4 is 15.9 Å². The average molecular weight is 294 g/mol. The molecule has 1 heterocycles. The molecule has 3 heteroatoms. The molecule has 2 nitrogen and oxygen atoms in total. The SMILES string of the molecule is Cc1cccc(CCNCc2ccc(Br)o2)c1. The Balaban J connectivity index is 1.73. The van der Waals surface area contributed by atoms with Crippen molar-refractivity contribution in [2.75, 3.05) is 6.54 Å². The van der Waals surface area contributed by atoms with Gasteiger partial charge in [0.1, 0.15) is 5.76 Å². The molecule has 0 fully saturated rings. The van der Waals surface area contributed by atoms with E-state index < -0.39 is 0 Å². The molecule has 0 saturated heterocycles. The Morgan fingerprint density at radius 1 is 1.24 bits per heavy atom. The lowest BCUT2D eigenvalue weighted by Gasteiger charge is -2.04. The van der Waals surface area contributed by atoms with E-state index in [9.17, 15) is 0 Å². The summed E-state index contributed by atoms with van der Waals surface area (Å²) in [5, 5.41) is 3.37. The molecule has 0 aliphatic carbocycles. The predicted molar refractivity (Wildman–Crippen MR) is 73.0 cm³/mol. The van der Waals surface area contributed by atoms with Crippen molar-refractivity contribution in [2.24, 2.45) is 0 Å². The van der Waals surface area contributed by atoms with Crippen LogP contribution in [-0.4, -0.2) is 6.54 Å². The summed E-state index contributed by atoms with van der Waals surface area (Å²) in [5.74, 6) is 0.959. The fraction of sp³-hybridized carbons (Fsp3) is 0.286. The monoisotopic (exact) mass is 293 g/mol. The first-order valence-corrected chi connectivity index (χ1v) is 6.54. The molecular weight excluding hydrogens is 278 g/mol. The van der Waals surface area contributed by atoms with E-state index in [0.717, 1.165) is 29.9 Å². The smallest absolute Gasteiger partial charge is 0.169 e. The molecule has 0 bridgehead atoms. The summed E-state index contributed by atoms with van der Waals surface area (Å²) < 4.78 is 6.19. The zero-order valence-electron chi connectivity index (χ0n) is 9.87. The molecule has 1 N–H and O–H groups in total. The summed E-state index contributed by atoms with van der Waals surface area (Å²) in [7, 11) is 0. The van der Waals surface area contributed by atoms with Crippen LogP contribution in [0.2, 0.25) is 0 Å². The van der Waals surface area contributed by atoms with Crippen LogP contribution < -0.4 is 5.32 Å². The van der Waals surface area contributed by atoms with Gasteiger partial charge in [-0.1, -0.05) is 29.8 Å². The Morgan fingerprint density at radius 3 is 2.82 bits per heavy atom. The van der Waals surface area contributed by atoms with Gasteiger partial charge in [0, 0.05) is 0 Å². The molecule has 0 radical (unpaired) electrons. The van der Waals surface area contributed by atoms with Crippen LogP contribution in [0.1, 0.15) is 16.9 Å². The van der Waals surface area contributed by atoms with E-state index in [0.29, 0.717) is 0 Å². The van der Waals surface area contributed by atoms with Crippen molar-refractivity contribution in [3.63, 3.8) is 0 Å². The highest BCUT2D eigenvalue weighted by molar-refractivity contribution is 9.10. The lowest BCUT2D eigenvalue weighted by atomic mass is 10.1. The third-order valence-corrected chi connectivity index (χ3v) is 3.03. The van der Waals surface area contributed by atoms with E-state index in [4.69, 9.17) is 4.42 Å². The highest BCUT2D eigenvalue weighted by Gasteiger charge is 1.98. The Morgan fingerprint density at radius 2 is 2.12 bits per heavy atom. The number of aryl methyl sites for hydroxylation is 1. The largest absolute Gasteiger partial charge is 0.453 e. The molecule has 1 aromatic carbocycles. The molecular formula is C14H16BrNO. The minimum atomic E-state index is 0.775. The van der Waals surface area contributed by atoms with Gasteiger partial charge < -0.3 is 9.73 Å². The van der Waals surface area contributed by atoms with Gasteiger partial charge in [0.05, 0.1) is 6.54 Å². The minimum Gasteiger partial charge on any atom is -0.453 e. The normalized spacial score (nSPS) is 10.7. The van der Waals surface area contributed by atoms with Crippen LogP contribution in [0.5, 0.6) is 0 Å². The number of hydrogen-bond donors (Lipinski definition) is 1. The molecule has 2 aromatic rings. The molecule has 0 aliphatic rings. The summed E-state index contributed by atoms with van der Waals surface area (Å²) in [6.07, 6.45) is 1.05. The number of nitrogens with one attached hydrogen (secondary N) is 1. The van der Waals surface area contributed by atoms with Gasteiger partial charge in [0.2, 0.25) is 0 Å². The summed E-state index contributed by atoms with van der Waals surface area (Å²) >= 11 is 3.29. The Hall–Kier alpha value is -1.06. The van der Waals surface area contributed by atoms with E-state index in [1.54, 1.807) is 0 Å². The van der Waals surface area contributed by atoms with Gasteiger partial charge in [0.25, 0.3) is 0 Å². The molecule has 0 amide bonds. The van der Waals surface area contributed by atoms with E-state index in [1.165, 1.54) is 11.1 Å². The minimum absolute atomic E-state index is 0.775. The molecule has 0 spiro atoms. The van der Waals surface area contributed by atoms with Crippen molar-refractivity contribution in [2.45, 2.75) is 19.9 Å². The Bertz CT molecular complexity index is 479. The second kappa shape index (κ2) is 6.03. The fourth-order valence-corrected chi connectivity index (χ4v) is 2.10. The van der Waals surface area contributed by atoms with E-state index >= 15 is 0 Å². The third kappa shape index (κ3) is 4.02. The van der Waals surface area contributed by atoms with E-state index in [1.807, 2.05) is 12.1 Å². The lowest BCUT2D eigenvalue weighted by molar-refractivity contribution is 0.466. The van der Waals surface area contributed by atoms with Crippen molar-refractivity contribution in [1.29, 1.82) is 0 Å². The molecule has 2 rings (SSSR count). The molecule has 0 saturated carbocycles. The first kappa shape index (κ1) is 12.4. The molecule has 0 atom stereocenters. The van der Waals surface area contributed by atoms with Crippen molar-refractivity contribution in [3.8, 4) is 0 Å². The van der Waals surface area contributed by atoms with Gasteiger partial charge >= 0.3 is 0 Å².